The topological polar surface area (TPSA) is 34.9 Å². The molecular formula is C14H14Br2N2O. The number of Topliss-reactive ketones (excluding diaryl/α,β-unsaturated/α-hetero) is 1. The zero-order valence-electron chi connectivity index (χ0n) is 11.0. The average molecular weight is 386 g/mol. The maximum absolute atomic E-state index is 12.4. The molecule has 0 N–H and O–H groups in total. The van der Waals surface area contributed by atoms with E-state index in [2.05, 4.69) is 37.0 Å². The highest BCUT2D eigenvalue weighted by molar-refractivity contribution is 9.10. The maximum Gasteiger partial charge on any atom is 0.169 e. The Morgan fingerprint density at radius 2 is 2.00 bits per heavy atom. The minimum Gasteiger partial charge on any atom is -0.294 e. The summed E-state index contributed by atoms with van der Waals surface area (Å²) in [6, 6.07) is 5.76. The number of rotatable bonds is 3. The molecule has 0 fully saturated rings. The van der Waals surface area contributed by atoms with E-state index in [9.17, 15) is 4.79 Å². The van der Waals surface area contributed by atoms with E-state index in [1.807, 2.05) is 39.1 Å². The summed E-state index contributed by atoms with van der Waals surface area (Å²) in [4.78, 5) is 12.4. The van der Waals surface area contributed by atoms with Crippen LogP contribution in [0.15, 0.2) is 27.1 Å². The molecule has 1 aromatic heterocycles. The van der Waals surface area contributed by atoms with Gasteiger partial charge in [-0.1, -0.05) is 22.0 Å². The van der Waals surface area contributed by atoms with Crippen LogP contribution in [0.2, 0.25) is 0 Å². The Labute approximate surface area is 129 Å². The smallest absolute Gasteiger partial charge is 0.169 e. The van der Waals surface area contributed by atoms with Gasteiger partial charge in [0.1, 0.15) is 0 Å². The summed E-state index contributed by atoms with van der Waals surface area (Å²) >= 11 is 6.93. The predicted octanol–water partition coefficient (Wildman–Crippen LogP) is 3.99. The molecule has 0 atom stereocenters. The SMILES string of the molecule is Cc1ccc(C(=O)Cc2c(Br)c(C)nn2C)c(Br)c1. The standard InChI is InChI=1S/C14H14Br2N2O/c1-8-4-5-10(11(15)6-8)13(19)7-12-14(16)9(2)17-18(12)3/h4-6H,7H2,1-3H3. The van der Waals surface area contributed by atoms with Crippen molar-refractivity contribution >= 4 is 37.6 Å². The summed E-state index contributed by atoms with van der Waals surface area (Å²) in [6.45, 7) is 3.92. The third-order valence-corrected chi connectivity index (χ3v) is 4.70. The Balaban J connectivity index is 2.31. The number of aromatic nitrogens is 2. The molecule has 19 heavy (non-hydrogen) atoms. The normalized spacial score (nSPS) is 10.8. The van der Waals surface area contributed by atoms with Crippen molar-refractivity contribution in [3.63, 3.8) is 0 Å². The summed E-state index contributed by atoms with van der Waals surface area (Å²) in [7, 11) is 1.85. The molecule has 0 bridgehead atoms. The van der Waals surface area contributed by atoms with E-state index in [1.165, 1.54) is 0 Å². The minimum absolute atomic E-state index is 0.0792. The van der Waals surface area contributed by atoms with E-state index in [-0.39, 0.29) is 5.78 Å². The van der Waals surface area contributed by atoms with Crippen LogP contribution >= 0.6 is 31.9 Å². The van der Waals surface area contributed by atoms with E-state index < -0.39 is 0 Å². The molecule has 3 nitrogen and oxygen atoms in total. The molecule has 0 saturated carbocycles. The van der Waals surface area contributed by atoms with Gasteiger partial charge in [0.2, 0.25) is 0 Å². The Bertz CT molecular complexity index is 647. The highest BCUT2D eigenvalue weighted by Gasteiger charge is 2.17. The summed E-state index contributed by atoms with van der Waals surface area (Å²) in [5.74, 6) is 0.0792. The van der Waals surface area contributed by atoms with Gasteiger partial charge < -0.3 is 0 Å². The van der Waals surface area contributed by atoms with Crippen LogP contribution in [0.4, 0.5) is 0 Å². The van der Waals surface area contributed by atoms with Crippen molar-refractivity contribution in [1.82, 2.24) is 9.78 Å². The first-order valence-electron chi connectivity index (χ1n) is 5.87. The molecule has 0 aliphatic carbocycles. The Morgan fingerprint density at radius 1 is 1.32 bits per heavy atom. The van der Waals surface area contributed by atoms with Crippen LogP contribution < -0.4 is 0 Å². The number of halogens is 2. The quantitative estimate of drug-likeness (QED) is 0.748. The predicted molar refractivity (Wildman–Crippen MR) is 82.6 cm³/mol. The third kappa shape index (κ3) is 2.98. The Kier molecular flexibility index (Phi) is 4.26. The first kappa shape index (κ1) is 14.5. The number of nitrogens with zero attached hydrogens (tertiary/aromatic N) is 2. The van der Waals surface area contributed by atoms with Crippen LogP contribution in [0.3, 0.4) is 0 Å². The van der Waals surface area contributed by atoms with Gasteiger partial charge in [0.15, 0.2) is 5.78 Å². The molecule has 0 spiro atoms. The van der Waals surface area contributed by atoms with E-state index in [0.29, 0.717) is 12.0 Å². The second kappa shape index (κ2) is 5.59. The first-order chi connectivity index (χ1) is 8.90. The number of benzene rings is 1. The molecule has 0 amide bonds. The highest BCUT2D eigenvalue weighted by atomic mass is 79.9. The molecule has 1 aromatic carbocycles. The van der Waals surface area contributed by atoms with Gasteiger partial charge in [0.25, 0.3) is 0 Å². The minimum atomic E-state index is 0.0792. The van der Waals surface area contributed by atoms with Crippen LogP contribution in [0.5, 0.6) is 0 Å². The lowest BCUT2D eigenvalue weighted by Gasteiger charge is -2.06. The molecule has 2 aromatic rings. The van der Waals surface area contributed by atoms with Crippen molar-refractivity contribution in [3.8, 4) is 0 Å². The van der Waals surface area contributed by atoms with Crippen molar-refractivity contribution < 1.29 is 4.79 Å². The number of ketones is 1. The summed E-state index contributed by atoms with van der Waals surface area (Å²) in [5.41, 5.74) is 3.63. The highest BCUT2D eigenvalue weighted by Crippen LogP contribution is 2.24. The molecule has 0 saturated heterocycles. The Morgan fingerprint density at radius 3 is 2.53 bits per heavy atom. The van der Waals surface area contributed by atoms with Crippen LogP contribution in [0.25, 0.3) is 0 Å². The molecule has 0 radical (unpaired) electrons. The monoisotopic (exact) mass is 384 g/mol. The largest absolute Gasteiger partial charge is 0.294 e. The number of hydrogen-bond donors (Lipinski definition) is 0. The molecule has 5 heteroatoms. The van der Waals surface area contributed by atoms with E-state index in [4.69, 9.17) is 0 Å². The van der Waals surface area contributed by atoms with Crippen LogP contribution in [0, 0.1) is 13.8 Å². The zero-order valence-corrected chi connectivity index (χ0v) is 14.2. The van der Waals surface area contributed by atoms with Gasteiger partial charge >= 0.3 is 0 Å². The van der Waals surface area contributed by atoms with E-state index in [0.717, 1.165) is 25.9 Å². The molecule has 0 unspecified atom stereocenters. The van der Waals surface area contributed by atoms with Gasteiger partial charge in [-0.2, -0.15) is 5.10 Å². The molecule has 2 rings (SSSR count). The fourth-order valence-electron chi connectivity index (χ4n) is 1.97. The average Bonchev–Trinajstić information content (AvgIpc) is 2.56. The lowest BCUT2D eigenvalue weighted by Crippen LogP contribution is -2.09. The Hall–Kier alpha value is -0.940. The zero-order chi connectivity index (χ0) is 14.2. The van der Waals surface area contributed by atoms with Crippen molar-refractivity contribution in [1.29, 1.82) is 0 Å². The number of carbonyl (C=O) groups excluding carboxylic acids is 1. The van der Waals surface area contributed by atoms with Crippen LogP contribution in [-0.4, -0.2) is 15.6 Å². The second-order valence-electron chi connectivity index (χ2n) is 4.55. The van der Waals surface area contributed by atoms with Crippen molar-refractivity contribution in [2.75, 3.05) is 0 Å². The fourth-order valence-corrected chi connectivity index (χ4v) is 3.16. The van der Waals surface area contributed by atoms with Gasteiger partial charge in [-0.15, -0.1) is 0 Å². The molecular weight excluding hydrogens is 372 g/mol. The summed E-state index contributed by atoms with van der Waals surface area (Å²) < 4.78 is 3.50. The molecule has 100 valence electrons. The third-order valence-electron chi connectivity index (χ3n) is 3.01. The lowest BCUT2D eigenvalue weighted by molar-refractivity contribution is 0.0990. The van der Waals surface area contributed by atoms with E-state index in [1.54, 1.807) is 4.68 Å². The van der Waals surface area contributed by atoms with Gasteiger partial charge in [0.05, 0.1) is 22.3 Å². The second-order valence-corrected chi connectivity index (χ2v) is 6.20. The van der Waals surface area contributed by atoms with Crippen molar-refractivity contribution in [2.45, 2.75) is 20.3 Å². The van der Waals surface area contributed by atoms with Crippen LogP contribution in [0.1, 0.15) is 27.3 Å². The fraction of sp³-hybridized carbons (Fsp3) is 0.286. The van der Waals surface area contributed by atoms with Gasteiger partial charge in [-0.3, -0.25) is 9.48 Å². The summed E-state index contributed by atoms with van der Waals surface area (Å²) in [5, 5.41) is 4.30. The lowest BCUT2D eigenvalue weighted by atomic mass is 10.0. The summed E-state index contributed by atoms with van der Waals surface area (Å²) in [6.07, 6.45) is 0.333. The van der Waals surface area contributed by atoms with Crippen LogP contribution in [-0.2, 0) is 13.5 Å². The number of carbonyl (C=O) groups is 1. The van der Waals surface area contributed by atoms with Crippen molar-refractivity contribution in [2.24, 2.45) is 7.05 Å². The van der Waals surface area contributed by atoms with Crippen molar-refractivity contribution in [3.05, 3.63) is 49.7 Å². The maximum atomic E-state index is 12.4. The number of aryl methyl sites for hydroxylation is 3. The molecule has 0 aliphatic heterocycles. The number of hydrogen-bond acceptors (Lipinski definition) is 2. The van der Waals surface area contributed by atoms with Gasteiger partial charge in [-0.25, -0.2) is 0 Å². The van der Waals surface area contributed by atoms with E-state index >= 15 is 0 Å². The molecule has 1 heterocycles. The molecule has 0 aliphatic rings. The first-order valence-corrected chi connectivity index (χ1v) is 7.46. The van der Waals surface area contributed by atoms with Gasteiger partial charge in [-0.05, 0) is 47.5 Å². The van der Waals surface area contributed by atoms with Gasteiger partial charge in [0, 0.05) is 17.1 Å².